The van der Waals surface area contributed by atoms with E-state index in [0.29, 0.717) is 12.1 Å². The summed E-state index contributed by atoms with van der Waals surface area (Å²) >= 11 is 0. The summed E-state index contributed by atoms with van der Waals surface area (Å²) in [4.78, 5) is 18.4. The third-order valence-corrected chi connectivity index (χ3v) is 4.90. The number of nitrogens with zero attached hydrogens (tertiary/aromatic N) is 2. The first-order valence-corrected chi connectivity index (χ1v) is 9.58. The number of nitrogens with two attached hydrogens (primary N) is 1. The van der Waals surface area contributed by atoms with Crippen LogP contribution >= 0.6 is 24.0 Å². The third kappa shape index (κ3) is 7.65. The van der Waals surface area contributed by atoms with Crippen LogP contribution in [-0.2, 0) is 6.54 Å². The second-order valence-electron chi connectivity index (χ2n) is 7.47. The number of aliphatic imine (C=N–C) groups is 1. The number of carbonyl (C=O) groups is 1. The maximum atomic E-state index is 11.1. The molecule has 1 fully saturated rings. The molecule has 0 bridgehead atoms. The summed E-state index contributed by atoms with van der Waals surface area (Å²) in [6, 6.07) is 7.27. The van der Waals surface area contributed by atoms with Gasteiger partial charge in [0.15, 0.2) is 5.96 Å². The van der Waals surface area contributed by atoms with E-state index < -0.39 is 5.91 Å². The number of piperidine rings is 1. The molecule has 1 heterocycles. The fourth-order valence-electron chi connectivity index (χ4n) is 3.20. The molecule has 1 aliphatic rings. The van der Waals surface area contributed by atoms with Crippen molar-refractivity contribution in [3.8, 4) is 0 Å². The van der Waals surface area contributed by atoms with Crippen LogP contribution in [0.5, 0.6) is 0 Å². The average Bonchev–Trinajstić information content (AvgIpc) is 2.65. The molecule has 1 saturated heterocycles. The van der Waals surface area contributed by atoms with Crippen LogP contribution < -0.4 is 16.4 Å². The molecular formula is C20H34IN5O. The van der Waals surface area contributed by atoms with Gasteiger partial charge in [0.25, 0.3) is 0 Å². The van der Waals surface area contributed by atoms with Crippen LogP contribution in [0.4, 0.5) is 0 Å². The number of likely N-dealkylation sites (tertiary alicyclic amines) is 1. The molecule has 152 valence electrons. The first-order chi connectivity index (χ1) is 12.4. The quantitative estimate of drug-likeness (QED) is 0.314. The molecule has 2 rings (SSSR count). The van der Waals surface area contributed by atoms with Gasteiger partial charge in [-0.2, -0.15) is 0 Å². The van der Waals surface area contributed by atoms with E-state index in [2.05, 4.69) is 41.3 Å². The Morgan fingerprint density at radius 1 is 1.15 bits per heavy atom. The molecule has 0 aromatic heterocycles. The van der Waals surface area contributed by atoms with Gasteiger partial charge in [-0.25, -0.2) is 4.99 Å². The number of nitrogens with one attached hydrogen (secondary N) is 2. The zero-order valence-electron chi connectivity index (χ0n) is 16.8. The van der Waals surface area contributed by atoms with Gasteiger partial charge in [-0.05, 0) is 64.4 Å². The Hall–Kier alpha value is -1.35. The molecular weight excluding hydrogens is 453 g/mol. The lowest BCUT2D eigenvalue weighted by molar-refractivity contribution is 0.0982. The monoisotopic (exact) mass is 487 g/mol. The SMILES string of the molecule is CCNC(=NCc1ccc(C(N)=O)cc1)NCC(C)(C)N1CCCCC1.I. The van der Waals surface area contributed by atoms with Crippen molar-refractivity contribution in [1.82, 2.24) is 15.5 Å². The molecule has 0 aliphatic carbocycles. The van der Waals surface area contributed by atoms with Crippen LogP contribution in [0, 0.1) is 0 Å². The summed E-state index contributed by atoms with van der Waals surface area (Å²) in [5.74, 6) is 0.409. The van der Waals surface area contributed by atoms with Gasteiger partial charge < -0.3 is 16.4 Å². The van der Waals surface area contributed by atoms with E-state index in [1.165, 1.54) is 32.4 Å². The Bertz CT molecular complexity index is 609. The largest absolute Gasteiger partial charge is 0.366 e. The summed E-state index contributed by atoms with van der Waals surface area (Å²) in [5, 5.41) is 6.79. The second-order valence-corrected chi connectivity index (χ2v) is 7.47. The van der Waals surface area contributed by atoms with Gasteiger partial charge in [-0.15, -0.1) is 24.0 Å². The number of guanidine groups is 1. The lowest BCUT2D eigenvalue weighted by atomic mass is 9.98. The molecule has 0 spiro atoms. The number of hydrogen-bond donors (Lipinski definition) is 3. The molecule has 1 aromatic rings. The van der Waals surface area contributed by atoms with Gasteiger partial charge in [-0.3, -0.25) is 9.69 Å². The Morgan fingerprint density at radius 3 is 2.33 bits per heavy atom. The number of amides is 1. The molecule has 27 heavy (non-hydrogen) atoms. The Labute approximate surface area is 180 Å². The maximum Gasteiger partial charge on any atom is 0.248 e. The van der Waals surface area contributed by atoms with Gasteiger partial charge in [0.05, 0.1) is 6.54 Å². The van der Waals surface area contributed by atoms with E-state index in [4.69, 9.17) is 5.73 Å². The van der Waals surface area contributed by atoms with E-state index in [1.807, 2.05) is 12.1 Å². The van der Waals surface area contributed by atoms with Crippen LogP contribution in [0.15, 0.2) is 29.3 Å². The molecule has 7 heteroatoms. The van der Waals surface area contributed by atoms with E-state index in [1.54, 1.807) is 12.1 Å². The van der Waals surface area contributed by atoms with Crippen LogP contribution in [-0.4, -0.2) is 48.5 Å². The molecule has 1 amide bonds. The topological polar surface area (TPSA) is 82.7 Å². The number of rotatable bonds is 7. The lowest BCUT2D eigenvalue weighted by Gasteiger charge is -2.41. The zero-order valence-corrected chi connectivity index (χ0v) is 19.1. The Kier molecular flexibility index (Phi) is 10.1. The highest BCUT2D eigenvalue weighted by atomic mass is 127. The first kappa shape index (κ1) is 23.7. The molecule has 0 unspecified atom stereocenters. The van der Waals surface area contributed by atoms with Crippen molar-refractivity contribution in [1.29, 1.82) is 0 Å². The summed E-state index contributed by atoms with van der Waals surface area (Å²) in [6.07, 6.45) is 3.93. The van der Waals surface area contributed by atoms with Crippen molar-refractivity contribution in [2.45, 2.75) is 52.1 Å². The highest BCUT2D eigenvalue weighted by molar-refractivity contribution is 14.0. The molecule has 1 aliphatic heterocycles. The van der Waals surface area contributed by atoms with Gasteiger partial charge in [0.1, 0.15) is 0 Å². The fraction of sp³-hybridized carbons (Fsp3) is 0.600. The highest BCUT2D eigenvalue weighted by Crippen LogP contribution is 2.19. The molecule has 4 N–H and O–H groups in total. The Morgan fingerprint density at radius 2 is 1.78 bits per heavy atom. The molecule has 0 atom stereocenters. The first-order valence-electron chi connectivity index (χ1n) is 9.58. The average molecular weight is 487 g/mol. The van der Waals surface area contributed by atoms with Crippen molar-refractivity contribution in [3.63, 3.8) is 0 Å². The predicted octanol–water partition coefficient (Wildman–Crippen LogP) is 2.72. The Balaban J connectivity index is 0.00000364. The second kappa shape index (κ2) is 11.5. The summed E-state index contributed by atoms with van der Waals surface area (Å²) in [7, 11) is 0. The summed E-state index contributed by atoms with van der Waals surface area (Å²) in [6.45, 7) is 11.2. The van der Waals surface area contributed by atoms with E-state index in [-0.39, 0.29) is 29.5 Å². The van der Waals surface area contributed by atoms with Crippen molar-refractivity contribution in [2.24, 2.45) is 10.7 Å². The van der Waals surface area contributed by atoms with Crippen molar-refractivity contribution in [3.05, 3.63) is 35.4 Å². The normalized spacial score (nSPS) is 15.7. The van der Waals surface area contributed by atoms with Crippen LogP contribution in [0.25, 0.3) is 0 Å². The number of carbonyl (C=O) groups excluding carboxylic acids is 1. The van der Waals surface area contributed by atoms with Gasteiger partial charge in [-0.1, -0.05) is 18.6 Å². The standard InChI is InChI=1S/C20H33N5O.HI/c1-4-22-19(23-14-16-8-10-17(11-9-16)18(21)26)24-15-20(2,3)25-12-6-5-7-13-25;/h8-11H,4-7,12-15H2,1-3H3,(H2,21,26)(H2,22,23,24);1H. The number of benzene rings is 1. The van der Waals surface area contributed by atoms with Gasteiger partial charge in [0, 0.05) is 24.2 Å². The zero-order chi connectivity index (χ0) is 19.0. The predicted molar refractivity (Wildman–Crippen MR) is 123 cm³/mol. The van der Waals surface area contributed by atoms with Crippen molar-refractivity contribution in [2.75, 3.05) is 26.2 Å². The molecule has 1 aromatic carbocycles. The molecule has 6 nitrogen and oxygen atoms in total. The summed E-state index contributed by atoms with van der Waals surface area (Å²) < 4.78 is 0. The van der Waals surface area contributed by atoms with Gasteiger partial charge in [0.2, 0.25) is 5.91 Å². The van der Waals surface area contributed by atoms with Crippen molar-refractivity contribution >= 4 is 35.8 Å². The number of halogens is 1. The van der Waals surface area contributed by atoms with Crippen LogP contribution in [0.2, 0.25) is 0 Å². The fourth-order valence-corrected chi connectivity index (χ4v) is 3.20. The highest BCUT2D eigenvalue weighted by Gasteiger charge is 2.27. The minimum absolute atomic E-state index is 0. The van der Waals surface area contributed by atoms with E-state index >= 15 is 0 Å². The smallest absolute Gasteiger partial charge is 0.248 e. The molecule has 0 saturated carbocycles. The van der Waals surface area contributed by atoms with Gasteiger partial charge >= 0.3 is 0 Å². The number of hydrogen-bond acceptors (Lipinski definition) is 3. The van der Waals surface area contributed by atoms with Crippen molar-refractivity contribution < 1.29 is 4.79 Å². The van der Waals surface area contributed by atoms with E-state index in [9.17, 15) is 4.79 Å². The minimum atomic E-state index is -0.407. The summed E-state index contributed by atoms with van der Waals surface area (Å²) in [5.41, 5.74) is 6.94. The molecule has 0 radical (unpaired) electrons. The minimum Gasteiger partial charge on any atom is -0.366 e. The van der Waals surface area contributed by atoms with E-state index in [0.717, 1.165) is 24.6 Å². The lowest BCUT2D eigenvalue weighted by Crippen LogP contribution is -2.54. The van der Waals surface area contributed by atoms with Crippen LogP contribution in [0.3, 0.4) is 0 Å². The van der Waals surface area contributed by atoms with Crippen LogP contribution in [0.1, 0.15) is 56.0 Å². The maximum absolute atomic E-state index is 11.1. The number of primary amides is 1. The third-order valence-electron chi connectivity index (χ3n) is 4.90.